The van der Waals surface area contributed by atoms with Crippen LogP contribution < -0.4 is 10.6 Å². The van der Waals surface area contributed by atoms with E-state index < -0.39 is 5.97 Å². The molecule has 2 rings (SSSR count). The number of carbonyl (C=O) groups is 2. The molecule has 1 aromatic heterocycles. The van der Waals surface area contributed by atoms with Gasteiger partial charge in [0.15, 0.2) is 5.69 Å². The number of hydrogen-bond acceptors (Lipinski definition) is 4. The maximum Gasteiger partial charge on any atom is 0.355 e. The normalized spacial score (nSPS) is 21.8. The zero-order valence-electron chi connectivity index (χ0n) is 12.5. The molecule has 21 heavy (non-hydrogen) atoms. The van der Waals surface area contributed by atoms with Crippen molar-refractivity contribution in [1.82, 2.24) is 15.6 Å². The summed E-state index contributed by atoms with van der Waals surface area (Å²) in [4.78, 5) is 26.9. The van der Waals surface area contributed by atoms with Gasteiger partial charge in [0.25, 0.3) is 0 Å². The highest BCUT2D eigenvalue weighted by Crippen LogP contribution is 2.37. The van der Waals surface area contributed by atoms with Crippen molar-refractivity contribution in [3.8, 4) is 0 Å². The van der Waals surface area contributed by atoms with Crippen LogP contribution in [0.1, 0.15) is 61.6 Å². The fourth-order valence-electron chi connectivity index (χ4n) is 2.64. The Morgan fingerprint density at radius 3 is 2.76 bits per heavy atom. The van der Waals surface area contributed by atoms with Gasteiger partial charge in [0, 0.05) is 11.4 Å². The Balaban J connectivity index is 1.91. The molecule has 0 spiro atoms. The van der Waals surface area contributed by atoms with Crippen LogP contribution >= 0.6 is 11.3 Å². The molecule has 2 atom stereocenters. The van der Waals surface area contributed by atoms with Crippen molar-refractivity contribution >= 4 is 23.3 Å². The molecule has 7 heteroatoms. The first kappa shape index (κ1) is 15.8. The zero-order chi connectivity index (χ0) is 15.6. The Morgan fingerprint density at radius 2 is 2.24 bits per heavy atom. The SMILES string of the molecule is CC(NC(=O)NC1CCCC1(C)C)c1nc(C(=O)O)cs1. The molecule has 2 amide bonds. The van der Waals surface area contributed by atoms with Gasteiger partial charge in [-0.3, -0.25) is 0 Å². The summed E-state index contributed by atoms with van der Waals surface area (Å²) in [6, 6.07) is -0.363. The van der Waals surface area contributed by atoms with Gasteiger partial charge >= 0.3 is 12.0 Å². The third kappa shape index (κ3) is 3.72. The summed E-state index contributed by atoms with van der Waals surface area (Å²) in [6.45, 7) is 6.12. The van der Waals surface area contributed by atoms with E-state index in [1.807, 2.05) is 0 Å². The summed E-state index contributed by atoms with van der Waals surface area (Å²) in [7, 11) is 0. The Bertz CT molecular complexity index is 541. The number of urea groups is 1. The molecule has 6 nitrogen and oxygen atoms in total. The molecule has 1 fully saturated rings. The zero-order valence-corrected chi connectivity index (χ0v) is 13.3. The molecule has 0 aromatic carbocycles. The number of aromatic carboxylic acids is 1. The van der Waals surface area contributed by atoms with Gasteiger partial charge in [-0.1, -0.05) is 20.3 Å². The predicted molar refractivity (Wildman–Crippen MR) is 80.6 cm³/mol. The molecule has 3 N–H and O–H groups in total. The Hall–Kier alpha value is -1.63. The van der Waals surface area contributed by atoms with Crippen LogP contribution in [0, 0.1) is 5.41 Å². The lowest BCUT2D eigenvalue weighted by Crippen LogP contribution is -2.47. The molecule has 116 valence electrons. The van der Waals surface area contributed by atoms with Gasteiger partial charge < -0.3 is 15.7 Å². The van der Waals surface area contributed by atoms with E-state index in [9.17, 15) is 9.59 Å². The van der Waals surface area contributed by atoms with Gasteiger partial charge in [-0.15, -0.1) is 11.3 Å². The Labute approximate surface area is 128 Å². The molecule has 0 saturated heterocycles. The third-order valence-corrected chi connectivity index (χ3v) is 5.05. The minimum atomic E-state index is -1.05. The van der Waals surface area contributed by atoms with Crippen molar-refractivity contribution in [2.75, 3.05) is 0 Å². The standard InChI is InChI=1S/C14H21N3O3S/c1-8(11-16-9(7-21-11)12(18)19)15-13(20)17-10-5-4-6-14(10,2)3/h7-8,10H,4-6H2,1-3H3,(H,18,19)(H2,15,17,20). The molecule has 0 bridgehead atoms. The minimum Gasteiger partial charge on any atom is -0.476 e. The van der Waals surface area contributed by atoms with Crippen molar-refractivity contribution in [2.45, 2.75) is 52.1 Å². The number of carboxylic acid groups (broad SMARTS) is 1. The highest BCUT2D eigenvalue weighted by molar-refractivity contribution is 7.09. The third-order valence-electron chi connectivity index (χ3n) is 4.02. The van der Waals surface area contributed by atoms with Crippen LogP contribution in [0.25, 0.3) is 0 Å². The van der Waals surface area contributed by atoms with Crippen molar-refractivity contribution in [3.63, 3.8) is 0 Å². The molecule has 0 radical (unpaired) electrons. The second-order valence-electron chi connectivity index (χ2n) is 6.15. The molecular weight excluding hydrogens is 290 g/mol. The van der Waals surface area contributed by atoms with E-state index >= 15 is 0 Å². The smallest absolute Gasteiger partial charge is 0.355 e. The second kappa shape index (κ2) is 6.01. The van der Waals surface area contributed by atoms with Gasteiger partial charge in [0.1, 0.15) is 5.01 Å². The topological polar surface area (TPSA) is 91.3 Å². The van der Waals surface area contributed by atoms with E-state index in [2.05, 4.69) is 29.5 Å². The van der Waals surface area contributed by atoms with E-state index in [1.165, 1.54) is 16.7 Å². The van der Waals surface area contributed by atoms with Crippen LogP contribution in [0.4, 0.5) is 4.79 Å². The van der Waals surface area contributed by atoms with Gasteiger partial charge in [0.2, 0.25) is 0 Å². The summed E-state index contributed by atoms with van der Waals surface area (Å²) < 4.78 is 0. The predicted octanol–water partition coefficient (Wildman–Crippen LogP) is 2.78. The van der Waals surface area contributed by atoms with E-state index in [4.69, 9.17) is 5.11 Å². The average Bonchev–Trinajstić information content (AvgIpc) is 2.97. The maximum absolute atomic E-state index is 12.0. The number of aromatic nitrogens is 1. The summed E-state index contributed by atoms with van der Waals surface area (Å²) in [6.07, 6.45) is 3.24. The number of rotatable bonds is 4. The van der Waals surface area contributed by atoms with E-state index in [-0.39, 0.29) is 29.2 Å². The van der Waals surface area contributed by atoms with Gasteiger partial charge in [-0.25, -0.2) is 14.6 Å². The number of amides is 2. The molecule has 1 aromatic rings. The molecule has 1 saturated carbocycles. The maximum atomic E-state index is 12.0. The lowest BCUT2D eigenvalue weighted by Gasteiger charge is -2.28. The largest absolute Gasteiger partial charge is 0.476 e. The summed E-state index contributed by atoms with van der Waals surface area (Å²) in [5, 5.41) is 16.8. The van der Waals surface area contributed by atoms with Gasteiger partial charge in [0.05, 0.1) is 6.04 Å². The lowest BCUT2D eigenvalue weighted by atomic mass is 9.87. The van der Waals surface area contributed by atoms with Crippen molar-refractivity contribution < 1.29 is 14.7 Å². The van der Waals surface area contributed by atoms with Crippen LogP contribution in [0.15, 0.2) is 5.38 Å². The summed E-state index contributed by atoms with van der Waals surface area (Å²) >= 11 is 1.24. The number of hydrogen-bond donors (Lipinski definition) is 3. The number of nitrogens with one attached hydrogen (secondary N) is 2. The van der Waals surface area contributed by atoms with Crippen molar-refractivity contribution in [3.05, 3.63) is 16.1 Å². The van der Waals surface area contributed by atoms with Gasteiger partial charge in [-0.05, 0) is 25.2 Å². The first-order chi connectivity index (χ1) is 9.79. The van der Waals surface area contributed by atoms with E-state index in [0.29, 0.717) is 5.01 Å². The molecule has 0 aliphatic heterocycles. The fraction of sp³-hybridized carbons (Fsp3) is 0.643. The number of nitrogens with zero attached hydrogens (tertiary/aromatic N) is 1. The number of carboxylic acids is 1. The molecular formula is C14H21N3O3S. The monoisotopic (exact) mass is 311 g/mol. The van der Waals surface area contributed by atoms with E-state index in [0.717, 1.165) is 19.3 Å². The molecule has 1 aliphatic rings. The van der Waals surface area contributed by atoms with Crippen molar-refractivity contribution in [2.24, 2.45) is 5.41 Å². The van der Waals surface area contributed by atoms with Crippen LogP contribution in [0.2, 0.25) is 0 Å². The summed E-state index contributed by atoms with van der Waals surface area (Å²) in [5.41, 5.74) is 0.138. The minimum absolute atomic E-state index is 0.0148. The highest BCUT2D eigenvalue weighted by atomic mass is 32.1. The quantitative estimate of drug-likeness (QED) is 0.797. The molecule has 2 unspecified atom stereocenters. The molecule has 1 heterocycles. The Morgan fingerprint density at radius 1 is 1.52 bits per heavy atom. The van der Waals surface area contributed by atoms with Gasteiger partial charge in [-0.2, -0.15) is 0 Å². The van der Waals surface area contributed by atoms with Crippen LogP contribution in [-0.4, -0.2) is 28.1 Å². The Kier molecular flexibility index (Phi) is 4.51. The number of thiazole rings is 1. The molecule has 1 aliphatic carbocycles. The fourth-order valence-corrected chi connectivity index (χ4v) is 3.44. The van der Waals surface area contributed by atoms with Crippen molar-refractivity contribution in [1.29, 1.82) is 0 Å². The average molecular weight is 311 g/mol. The summed E-state index contributed by atoms with van der Waals surface area (Å²) in [5.74, 6) is -1.05. The first-order valence-electron chi connectivity index (χ1n) is 7.05. The van der Waals surface area contributed by atoms with Crippen LogP contribution in [0.5, 0.6) is 0 Å². The first-order valence-corrected chi connectivity index (χ1v) is 7.93. The second-order valence-corrected chi connectivity index (χ2v) is 7.04. The van der Waals surface area contributed by atoms with Crippen LogP contribution in [0.3, 0.4) is 0 Å². The van der Waals surface area contributed by atoms with E-state index in [1.54, 1.807) is 6.92 Å². The highest BCUT2D eigenvalue weighted by Gasteiger charge is 2.35. The number of carbonyl (C=O) groups excluding carboxylic acids is 1. The van der Waals surface area contributed by atoms with Crippen LogP contribution in [-0.2, 0) is 0 Å². The lowest BCUT2D eigenvalue weighted by molar-refractivity contribution is 0.0691.